The first kappa shape index (κ1) is 10.7. The van der Waals surface area contributed by atoms with Crippen LogP contribution in [0.3, 0.4) is 0 Å². The van der Waals surface area contributed by atoms with Gasteiger partial charge in [0.2, 0.25) is 0 Å². The molecule has 0 aromatic rings. The van der Waals surface area contributed by atoms with E-state index in [1.165, 1.54) is 25.7 Å². The number of nitrogens with two attached hydrogens (primary N) is 1. The van der Waals surface area contributed by atoms with Crippen LogP contribution in [-0.2, 0) is 4.79 Å². The van der Waals surface area contributed by atoms with E-state index in [-0.39, 0.29) is 12.0 Å². The van der Waals surface area contributed by atoms with Crippen LogP contribution in [0.4, 0.5) is 0 Å². The zero-order chi connectivity index (χ0) is 9.68. The molecule has 1 fully saturated rings. The van der Waals surface area contributed by atoms with Gasteiger partial charge in [0, 0.05) is 5.92 Å². The first-order valence-electron chi connectivity index (χ1n) is 5.55. The van der Waals surface area contributed by atoms with Crippen LogP contribution >= 0.6 is 0 Å². The third-order valence-corrected chi connectivity index (χ3v) is 3.06. The lowest BCUT2D eigenvalue weighted by Gasteiger charge is -2.16. The zero-order valence-corrected chi connectivity index (χ0v) is 8.59. The molecule has 0 bridgehead atoms. The maximum Gasteiger partial charge on any atom is 0.152 e. The predicted octanol–water partition coefficient (Wildman–Crippen LogP) is 2.26. The van der Waals surface area contributed by atoms with Gasteiger partial charge in [0.05, 0.1) is 6.04 Å². The number of hydrogen-bond donors (Lipinski definition) is 1. The van der Waals surface area contributed by atoms with Crippen LogP contribution in [0.1, 0.15) is 51.9 Å². The van der Waals surface area contributed by atoms with E-state index in [4.69, 9.17) is 5.73 Å². The van der Waals surface area contributed by atoms with Gasteiger partial charge in [-0.2, -0.15) is 0 Å². The number of carbonyl (C=O) groups excluding carboxylic acids is 1. The van der Waals surface area contributed by atoms with E-state index in [2.05, 4.69) is 0 Å². The third-order valence-electron chi connectivity index (χ3n) is 3.06. The van der Waals surface area contributed by atoms with Crippen molar-refractivity contribution < 1.29 is 4.79 Å². The molecule has 1 aliphatic rings. The number of ketones is 1. The van der Waals surface area contributed by atoms with Crippen LogP contribution < -0.4 is 5.73 Å². The molecule has 1 aliphatic carbocycles. The first-order valence-corrected chi connectivity index (χ1v) is 5.55. The van der Waals surface area contributed by atoms with Crippen LogP contribution in [0.2, 0.25) is 0 Å². The van der Waals surface area contributed by atoms with Crippen molar-refractivity contribution in [2.45, 2.75) is 57.9 Å². The van der Waals surface area contributed by atoms with Crippen molar-refractivity contribution >= 4 is 5.78 Å². The van der Waals surface area contributed by atoms with Gasteiger partial charge in [-0.05, 0) is 19.3 Å². The molecule has 0 heterocycles. The normalized spacial score (nSPS) is 22.3. The Labute approximate surface area is 80.9 Å². The zero-order valence-electron chi connectivity index (χ0n) is 8.59. The van der Waals surface area contributed by atoms with Crippen LogP contribution in [0, 0.1) is 5.92 Å². The monoisotopic (exact) mass is 183 g/mol. The Morgan fingerprint density at radius 1 is 1.31 bits per heavy atom. The fourth-order valence-electron chi connectivity index (χ4n) is 2.07. The Morgan fingerprint density at radius 3 is 2.31 bits per heavy atom. The summed E-state index contributed by atoms with van der Waals surface area (Å²) in [7, 11) is 0. The molecule has 0 aromatic carbocycles. The molecule has 0 amide bonds. The van der Waals surface area contributed by atoms with E-state index >= 15 is 0 Å². The predicted molar refractivity (Wildman–Crippen MR) is 54.5 cm³/mol. The van der Waals surface area contributed by atoms with Crippen LogP contribution in [-0.4, -0.2) is 11.8 Å². The standard InChI is InChI=1S/C11H21NO/c1-2-10(12)11(13)9-7-5-3-4-6-8-9/h9-10H,2-8,12H2,1H3. The molecule has 1 rings (SSSR count). The lowest BCUT2D eigenvalue weighted by atomic mass is 9.90. The van der Waals surface area contributed by atoms with Gasteiger partial charge in [-0.15, -0.1) is 0 Å². The molecule has 0 radical (unpaired) electrons. The maximum atomic E-state index is 11.8. The third kappa shape index (κ3) is 3.11. The van der Waals surface area contributed by atoms with Gasteiger partial charge in [-0.3, -0.25) is 4.79 Å². The minimum absolute atomic E-state index is 0.205. The van der Waals surface area contributed by atoms with Crippen molar-refractivity contribution in [3.8, 4) is 0 Å². The molecular weight excluding hydrogens is 162 g/mol. The fraction of sp³-hybridized carbons (Fsp3) is 0.909. The summed E-state index contributed by atoms with van der Waals surface area (Å²) in [5, 5.41) is 0. The molecule has 1 unspecified atom stereocenters. The molecule has 2 nitrogen and oxygen atoms in total. The van der Waals surface area contributed by atoms with Crippen molar-refractivity contribution in [1.82, 2.24) is 0 Å². The molecule has 2 N–H and O–H groups in total. The molecule has 2 heteroatoms. The number of hydrogen-bond acceptors (Lipinski definition) is 2. The van der Waals surface area contributed by atoms with Gasteiger partial charge in [0.15, 0.2) is 5.78 Å². The van der Waals surface area contributed by atoms with Crippen molar-refractivity contribution in [2.24, 2.45) is 11.7 Å². The van der Waals surface area contributed by atoms with Crippen molar-refractivity contribution in [2.75, 3.05) is 0 Å². The Bertz CT molecular complexity index is 159. The Morgan fingerprint density at radius 2 is 1.85 bits per heavy atom. The average Bonchev–Trinajstić information content (AvgIpc) is 2.43. The summed E-state index contributed by atoms with van der Waals surface area (Å²) in [6, 6.07) is -0.205. The molecular formula is C11H21NO. The summed E-state index contributed by atoms with van der Waals surface area (Å²) in [5.41, 5.74) is 5.75. The topological polar surface area (TPSA) is 43.1 Å². The quantitative estimate of drug-likeness (QED) is 0.682. The lowest BCUT2D eigenvalue weighted by molar-refractivity contribution is -0.124. The summed E-state index contributed by atoms with van der Waals surface area (Å²) in [5.74, 6) is 0.585. The van der Waals surface area contributed by atoms with E-state index in [1.54, 1.807) is 0 Å². The van der Waals surface area contributed by atoms with E-state index in [0.29, 0.717) is 5.78 Å². The smallest absolute Gasteiger partial charge is 0.152 e. The summed E-state index contributed by atoms with van der Waals surface area (Å²) >= 11 is 0. The van der Waals surface area contributed by atoms with Gasteiger partial charge in [0.1, 0.15) is 0 Å². The lowest BCUT2D eigenvalue weighted by Crippen LogP contribution is -2.34. The summed E-state index contributed by atoms with van der Waals surface area (Å²) < 4.78 is 0. The fourth-order valence-corrected chi connectivity index (χ4v) is 2.07. The number of Topliss-reactive ketones (excluding diaryl/α,β-unsaturated/α-hetero) is 1. The van der Waals surface area contributed by atoms with E-state index in [0.717, 1.165) is 19.3 Å². The highest BCUT2D eigenvalue weighted by atomic mass is 16.1. The second-order valence-corrected chi connectivity index (χ2v) is 4.11. The molecule has 0 aliphatic heterocycles. The highest BCUT2D eigenvalue weighted by molar-refractivity contribution is 5.85. The molecule has 0 saturated heterocycles. The largest absolute Gasteiger partial charge is 0.322 e. The second kappa shape index (κ2) is 5.38. The highest BCUT2D eigenvalue weighted by Crippen LogP contribution is 2.24. The summed E-state index contributed by atoms with van der Waals surface area (Å²) in [4.78, 5) is 11.8. The average molecular weight is 183 g/mol. The van der Waals surface area contributed by atoms with E-state index < -0.39 is 0 Å². The summed E-state index contributed by atoms with van der Waals surface area (Å²) in [6.45, 7) is 1.99. The molecule has 13 heavy (non-hydrogen) atoms. The first-order chi connectivity index (χ1) is 6.25. The van der Waals surface area contributed by atoms with E-state index in [9.17, 15) is 4.79 Å². The van der Waals surface area contributed by atoms with Gasteiger partial charge >= 0.3 is 0 Å². The van der Waals surface area contributed by atoms with Gasteiger partial charge in [-0.1, -0.05) is 32.6 Å². The molecule has 0 aromatic heterocycles. The van der Waals surface area contributed by atoms with Crippen LogP contribution in [0.5, 0.6) is 0 Å². The Hall–Kier alpha value is -0.370. The molecule has 76 valence electrons. The Balaban J connectivity index is 2.43. The molecule has 0 spiro atoms. The number of rotatable bonds is 3. The number of carbonyl (C=O) groups is 1. The van der Waals surface area contributed by atoms with Gasteiger partial charge < -0.3 is 5.73 Å². The van der Waals surface area contributed by atoms with Crippen LogP contribution in [0.25, 0.3) is 0 Å². The van der Waals surface area contributed by atoms with E-state index in [1.807, 2.05) is 6.92 Å². The van der Waals surface area contributed by atoms with Crippen molar-refractivity contribution in [1.29, 1.82) is 0 Å². The minimum atomic E-state index is -0.205. The minimum Gasteiger partial charge on any atom is -0.322 e. The van der Waals surface area contributed by atoms with Crippen LogP contribution in [0.15, 0.2) is 0 Å². The SMILES string of the molecule is CCC(N)C(=O)C1CCCCCC1. The molecule has 1 saturated carbocycles. The van der Waals surface area contributed by atoms with Gasteiger partial charge in [0.25, 0.3) is 0 Å². The summed E-state index contributed by atoms with van der Waals surface area (Å²) in [6.07, 6.45) is 7.96. The van der Waals surface area contributed by atoms with Gasteiger partial charge in [-0.25, -0.2) is 0 Å². The Kier molecular flexibility index (Phi) is 4.43. The second-order valence-electron chi connectivity index (χ2n) is 4.11. The highest BCUT2D eigenvalue weighted by Gasteiger charge is 2.23. The maximum absolute atomic E-state index is 11.8. The van der Waals surface area contributed by atoms with Crippen molar-refractivity contribution in [3.05, 3.63) is 0 Å². The molecule has 1 atom stereocenters. The van der Waals surface area contributed by atoms with Crippen molar-refractivity contribution in [3.63, 3.8) is 0 Å².